The average molecular weight is 903 g/mol. The minimum atomic E-state index is -1.14. The third-order valence-electron chi connectivity index (χ3n) is 10.2. The Labute approximate surface area is 369 Å². The number of aromatic nitrogens is 2. The molecule has 15 heteroatoms. The zero-order valence-corrected chi connectivity index (χ0v) is 38.9. The lowest BCUT2D eigenvalue weighted by atomic mass is 9.80. The second kappa shape index (κ2) is 24.8. The molecule has 60 heavy (non-hydrogen) atoms. The zero-order valence-electron chi connectivity index (χ0n) is 35.6. The number of alkyl halides is 1. The number of H-pyrrole nitrogens is 1. The lowest BCUT2D eigenvalue weighted by molar-refractivity contribution is -0.100. The molecule has 1 fully saturated rings. The van der Waals surface area contributed by atoms with Gasteiger partial charge in [-0.05, 0) is 76.3 Å². The van der Waals surface area contributed by atoms with Gasteiger partial charge in [0.25, 0.3) is 14.1 Å². The van der Waals surface area contributed by atoms with Crippen LogP contribution in [-0.2, 0) is 28.9 Å². The molecule has 5 rings (SSSR count). The number of aryl methyl sites for hydroxylation is 1. The van der Waals surface area contributed by atoms with Crippen molar-refractivity contribution >= 4 is 41.7 Å². The molecule has 1 aliphatic heterocycles. The smallest absolute Gasteiger partial charge is 0.330 e. The summed E-state index contributed by atoms with van der Waals surface area (Å²) in [6, 6.07) is 28.8. The third-order valence-corrected chi connectivity index (χ3v) is 14.6. The third kappa shape index (κ3) is 13.2. The van der Waals surface area contributed by atoms with Crippen LogP contribution in [0.5, 0.6) is 5.75 Å². The van der Waals surface area contributed by atoms with Crippen LogP contribution in [0.4, 0.5) is 0 Å². The van der Waals surface area contributed by atoms with Gasteiger partial charge in [0.2, 0.25) is 0 Å². The summed E-state index contributed by atoms with van der Waals surface area (Å²) >= 11 is 5.91. The lowest BCUT2D eigenvalue weighted by Gasteiger charge is -2.37. The van der Waals surface area contributed by atoms with E-state index in [4.69, 9.17) is 39.6 Å². The van der Waals surface area contributed by atoms with E-state index < -0.39 is 37.7 Å². The molecule has 1 unspecified atom stereocenters. The monoisotopic (exact) mass is 901 g/mol. The fraction of sp³-hybridized carbons (Fsp3) is 0.511. The van der Waals surface area contributed by atoms with Gasteiger partial charge in [0.05, 0.1) is 33.0 Å². The molecule has 1 N–H and O–H groups in total. The Morgan fingerprint density at radius 2 is 1.48 bits per heavy atom. The van der Waals surface area contributed by atoms with E-state index in [-0.39, 0.29) is 12.7 Å². The number of halogens is 1. The molecule has 0 saturated carbocycles. The van der Waals surface area contributed by atoms with Crippen LogP contribution >= 0.6 is 41.7 Å². The minimum Gasteiger partial charge on any atom is -0.497 e. The van der Waals surface area contributed by atoms with E-state index in [2.05, 4.69) is 61.6 Å². The fourth-order valence-electron chi connectivity index (χ4n) is 7.35. The molecule has 1 aromatic heterocycles. The quantitative estimate of drug-likeness (QED) is 0.0162. The summed E-state index contributed by atoms with van der Waals surface area (Å²) in [7, 11) is 3.97. The number of hydrogen-bond acceptors (Lipinski definition) is 11. The van der Waals surface area contributed by atoms with Crippen molar-refractivity contribution in [1.29, 1.82) is 0 Å². The van der Waals surface area contributed by atoms with Gasteiger partial charge < -0.3 is 28.0 Å². The summed E-state index contributed by atoms with van der Waals surface area (Å²) in [6.45, 7) is 11.6. The van der Waals surface area contributed by atoms with Crippen LogP contribution in [0, 0.1) is 6.92 Å². The van der Waals surface area contributed by atoms with Crippen LogP contribution < -0.4 is 16.0 Å². The van der Waals surface area contributed by atoms with Gasteiger partial charge in [0.1, 0.15) is 29.6 Å². The number of rotatable bonds is 26. The highest BCUT2D eigenvalue weighted by Gasteiger charge is 2.43. The number of aromatic amines is 1. The maximum absolute atomic E-state index is 13.0. The number of ether oxygens (including phenoxy) is 4. The average Bonchev–Trinajstić information content (AvgIpc) is 3.66. The Bertz CT molecular complexity index is 1910. The van der Waals surface area contributed by atoms with E-state index in [0.29, 0.717) is 49.1 Å². The topological polar surface area (TPSA) is 113 Å². The summed E-state index contributed by atoms with van der Waals surface area (Å²) in [6.07, 6.45) is 4.66. The van der Waals surface area contributed by atoms with Crippen LogP contribution in [-0.4, -0.2) is 83.0 Å². The lowest BCUT2D eigenvalue weighted by Crippen LogP contribution is -2.38. The van der Waals surface area contributed by atoms with Crippen LogP contribution in [0.25, 0.3) is 0 Å². The number of benzene rings is 3. The molecular formula is C45H61ClN3O8PS2. The molecule has 1 aliphatic rings. The van der Waals surface area contributed by atoms with Gasteiger partial charge in [-0.1, -0.05) is 107 Å². The normalized spacial score (nSPS) is 17.5. The van der Waals surface area contributed by atoms with Crippen LogP contribution in [0.1, 0.15) is 88.3 Å². The first-order valence-corrected chi connectivity index (χ1v) is 24.9. The van der Waals surface area contributed by atoms with E-state index in [1.165, 1.54) is 4.57 Å². The van der Waals surface area contributed by atoms with Crippen molar-refractivity contribution in [1.82, 2.24) is 14.2 Å². The van der Waals surface area contributed by atoms with Crippen molar-refractivity contribution in [2.75, 3.05) is 44.5 Å². The largest absolute Gasteiger partial charge is 0.497 e. The summed E-state index contributed by atoms with van der Waals surface area (Å²) in [4.78, 5) is 27.7. The summed E-state index contributed by atoms with van der Waals surface area (Å²) in [5.41, 5.74) is 1.29. The Morgan fingerprint density at radius 1 is 0.867 bits per heavy atom. The number of nitrogens with one attached hydrogen (secondary N) is 1. The minimum absolute atomic E-state index is 0.156. The van der Waals surface area contributed by atoms with Crippen molar-refractivity contribution in [2.24, 2.45) is 0 Å². The van der Waals surface area contributed by atoms with Crippen molar-refractivity contribution < 1.29 is 28.0 Å². The highest BCUT2D eigenvalue weighted by atomic mass is 35.5. The van der Waals surface area contributed by atoms with E-state index in [1.54, 1.807) is 41.8 Å². The molecule has 0 spiro atoms. The SMILES string of the molecule is COc1ccc(C(OC[C@H]2O[C@@H](n3cc(C)c(=O)[nH]c3=O)C[C@@H]2OCSSCCCCCCOP(OCCCl)N(C(C)C)C(C)C)(c2ccccc2)c2ccccc2)cc1. The standard InChI is InChI=1S/C45H61ClN3O8PS2/c1-33(2)49(34(3)4)58(56-27-25-46)55-26-15-7-8-16-28-59-60-32-53-40-29-42(48-30-35(5)43(50)47-44(48)51)57-41(40)31-54-45(36-17-11-9-12-18-36,37-19-13-10-14-20-37)38-21-23-39(52-6)24-22-38/h9-14,17-24,30,33-34,40-42H,7-8,15-16,25-29,31-32H2,1-6H3,(H,47,50,51)/t40-,41+,42+,58?/m0/s1. The molecule has 1 saturated heterocycles. The number of hydrogen-bond donors (Lipinski definition) is 1. The Kier molecular flexibility index (Phi) is 20.0. The second-order valence-electron chi connectivity index (χ2n) is 15.1. The Morgan fingerprint density at radius 3 is 2.10 bits per heavy atom. The predicted molar refractivity (Wildman–Crippen MR) is 246 cm³/mol. The number of methoxy groups -OCH3 is 1. The van der Waals surface area contributed by atoms with E-state index >= 15 is 0 Å². The fourth-order valence-corrected chi connectivity index (χ4v) is 11.0. The Balaban J connectivity index is 1.21. The summed E-state index contributed by atoms with van der Waals surface area (Å²) < 4.78 is 41.8. The van der Waals surface area contributed by atoms with Crippen molar-refractivity contribution in [3.63, 3.8) is 0 Å². The summed E-state index contributed by atoms with van der Waals surface area (Å²) in [5, 5.41) is 0. The van der Waals surface area contributed by atoms with Gasteiger partial charge in [-0.3, -0.25) is 14.3 Å². The summed E-state index contributed by atoms with van der Waals surface area (Å²) in [5.74, 6) is 2.62. The molecule has 0 bridgehead atoms. The van der Waals surface area contributed by atoms with Crippen molar-refractivity contribution in [2.45, 2.75) is 103 Å². The highest BCUT2D eigenvalue weighted by Crippen LogP contribution is 2.46. The molecule has 2 heterocycles. The van der Waals surface area contributed by atoms with Crippen LogP contribution in [0.2, 0.25) is 0 Å². The highest BCUT2D eigenvalue weighted by molar-refractivity contribution is 8.76. The first-order chi connectivity index (χ1) is 29.1. The molecular weight excluding hydrogens is 841 g/mol. The number of nitrogens with zero attached hydrogens (tertiary/aromatic N) is 2. The zero-order chi connectivity index (χ0) is 42.9. The van der Waals surface area contributed by atoms with Crippen LogP contribution in [0.3, 0.4) is 0 Å². The van der Waals surface area contributed by atoms with Crippen molar-refractivity contribution in [3.05, 3.63) is 134 Å². The molecule has 328 valence electrons. The van der Waals surface area contributed by atoms with Gasteiger partial charge in [0.15, 0.2) is 0 Å². The molecule has 11 nitrogen and oxygen atoms in total. The van der Waals surface area contributed by atoms with E-state index in [0.717, 1.165) is 53.9 Å². The van der Waals surface area contributed by atoms with Gasteiger partial charge in [0, 0.05) is 41.9 Å². The molecule has 4 aromatic rings. The molecule has 4 atom stereocenters. The van der Waals surface area contributed by atoms with Gasteiger partial charge in [-0.15, -0.1) is 11.6 Å². The van der Waals surface area contributed by atoms with Gasteiger partial charge in [-0.25, -0.2) is 9.46 Å². The molecule has 0 aliphatic carbocycles. The van der Waals surface area contributed by atoms with E-state index in [1.807, 2.05) is 60.7 Å². The van der Waals surface area contributed by atoms with E-state index in [9.17, 15) is 9.59 Å². The maximum atomic E-state index is 13.0. The van der Waals surface area contributed by atoms with Crippen LogP contribution in [0.15, 0.2) is 101 Å². The first-order valence-electron chi connectivity index (χ1n) is 20.7. The number of unbranched alkanes of at least 4 members (excludes halogenated alkanes) is 3. The second-order valence-corrected chi connectivity index (χ2v) is 19.5. The Hall–Kier alpha value is -2.68. The molecule has 0 amide bonds. The predicted octanol–water partition coefficient (Wildman–Crippen LogP) is 10.1. The van der Waals surface area contributed by atoms with Crippen molar-refractivity contribution in [3.8, 4) is 5.75 Å². The molecule has 3 aromatic carbocycles. The maximum Gasteiger partial charge on any atom is 0.330 e. The van der Waals surface area contributed by atoms with Gasteiger partial charge >= 0.3 is 5.69 Å². The van der Waals surface area contributed by atoms with Gasteiger partial charge in [-0.2, -0.15) is 0 Å². The first kappa shape index (κ1) is 48.4. The molecule has 0 radical (unpaired) electrons.